The van der Waals surface area contributed by atoms with Crippen molar-refractivity contribution in [2.45, 2.75) is 45.2 Å². The lowest BCUT2D eigenvalue weighted by Gasteiger charge is -2.32. The summed E-state index contributed by atoms with van der Waals surface area (Å²) in [6.07, 6.45) is 0. The first kappa shape index (κ1) is 28.7. The van der Waals surface area contributed by atoms with Gasteiger partial charge < -0.3 is 15.0 Å². The number of anilines is 1. The van der Waals surface area contributed by atoms with E-state index in [1.54, 1.807) is 56.5 Å². The van der Waals surface area contributed by atoms with E-state index in [-0.39, 0.29) is 17.3 Å². The number of carbonyl (C=O) groups is 2. The van der Waals surface area contributed by atoms with E-state index in [0.29, 0.717) is 11.4 Å². The summed E-state index contributed by atoms with van der Waals surface area (Å²) in [4.78, 5) is 27.9. The number of nitrogens with zero attached hydrogens (tertiary/aromatic N) is 2. The van der Waals surface area contributed by atoms with Crippen molar-refractivity contribution in [3.05, 3.63) is 89.0 Å². The van der Waals surface area contributed by atoms with E-state index in [4.69, 9.17) is 4.74 Å². The minimum atomic E-state index is -4.10. The fourth-order valence-corrected chi connectivity index (χ4v) is 5.63. The molecular weight excluding hydrogens is 502 g/mol. The van der Waals surface area contributed by atoms with Crippen LogP contribution in [0.4, 0.5) is 5.69 Å². The van der Waals surface area contributed by atoms with Gasteiger partial charge >= 0.3 is 0 Å². The standard InChI is InChI=1S/C29H35N3O5S/c1-20-7-14-26(15-8-20)38(35,36)32(27-16-9-21(2)17-22(27)3)19-28(33)31(23(4)29(34)30-5)18-24-10-12-25(37-6)13-11-24/h7-17,23H,18-19H2,1-6H3,(H,30,34)/t23-/m0/s1. The van der Waals surface area contributed by atoms with Gasteiger partial charge in [0.2, 0.25) is 11.8 Å². The molecule has 0 aliphatic carbocycles. The zero-order valence-electron chi connectivity index (χ0n) is 22.7. The number of nitrogens with one attached hydrogen (secondary N) is 1. The van der Waals surface area contributed by atoms with E-state index in [0.717, 1.165) is 26.6 Å². The number of ether oxygens (including phenoxy) is 1. The van der Waals surface area contributed by atoms with Gasteiger partial charge in [0, 0.05) is 13.6 Å². The fraction of sp³-hybridized carbons (Fsp3) is 0.310. The molecular formula is C29H35N3O5S. The summed E-state index contributed by atoms with van der Waals surface area (Å²) in [5.41, 5.74) is 3.79. The second-order valence-corrected chi connectivity index (χ2v) is 11.1. The van der Waals surface area contributed by atoms with Gasteiger partial charge in [-0.25, -0.2) is 8.42 Å². The predicted molar refractivity (Wildman–Crippen MR) is 149 cm³/mol. The van der Waals surface area contributed by atoms with Gasteiger partial charge in [-0.1, -0.05) is 47.5 Å². The van der Waals surface area contributed by atoms with Crippen molar-refractivity contribution >= 4 is 27.5 Å². The van der Waals surface area contributed by atoms with Crippen LogP contribution >= 0.6 is 0 Å². The molecule has 202 valence electrons. The second kappa shape index (κ2) is 12.1. The molecule has 0 fully saturated rings. The summed E-state index contributed by atoms with van der Waals surface area (Å²) < 4.78 is 34.1. The lowest BCUT2D eigenvalue weighted by molar-refractivity contribution is -0.139. The summed E-state index contributed by atoms with van der Waals surface area (Å²) in [5.74, 6) is -0.199. The summed E-state index contributed by atoms with van der Waals surface area (Å²) in [7, 11) is -1.04. The van der Waals surface area contributed by atoms with Crippen molar-refractivity contribution in [3.63, 3.8) is 0 Å². The van der Waals surface area contributed by atoms with Gasteiger partial charge in [-0.3, -0.25) is 13.9 Å². The molecule has 0 unspecified atom stereocenters. The minimum Gasteiger partial charge on any atom is -0.497 e. The number of hydrogen-bond acceptors (Lipinski definition) is 5. The Bertz CT molecular complexity index is 1390. The maximum atomic E-state index is 13.9. The Morgan fingerprint density at radius 2 is 1.53 bits per heavy atom. The maximum Gasteiger partial charge on any atom is 0.264 e. The molecule has 3 aromatic rings. The van der Waals surface area contributed by atoms with Crippen LogP contribution in [-0.4, -0.2) is 51.9 Å². The number of rotatable bonds is 10. The molecule has 8 nitrogen and oxygen atoms in total. The smallest absolute Gasteiger partial charge is 0.264 e. The molecule has 0 bridgehead atoms. The highest BCUT2D eigenvalue weighted by Gasteiger charge is 2.33. The molecule has 0 saturated carbocycles. The molecule has 0 aliphatic rings. The van der Waals surface area contributed by atoms with Crippen molar-refractivity contribution in [3.8, 4) is 5.75 Å². The summed E-state index contributed by atoms with van der Waals surface area (Å²) in [6.45, 7) is 6.87. The van der Waals surface area contributed by atoms with Gasteiger partial charge in [0.25, 0.3) is 10.0 Å². The van der Waals surface area contributed by atoms with Crippen molar-refractivity contribution in [2.75, 3.05) is 25.0 Å². The van der Waals surface area contributed by atoms with Crippen LogP contribution in [0, 0.1) is 20.8 Å². The normalized spacial score (nSPS) is 11.9. The number of hydrogen-bond donors (Lipinski definition) is 1. The molecule has 1 atom stereocenters. The van der Waals surface area contributed by atoms with Gasteiger partial charge in [0.1, 0.15) is 18.3 Å². The number of aryl methyl sites for hydroxylation is 3. The quantitative estimate of drug-likeness (QED) is 0.422. The molecule has 38 heavy (non-hydrogen) atoms. The highest BCUT2D eigenvalue weighted by atomic mass is 32.2. The monoisotopic (exact) mass is 537 g/mol. The number of benzene rings is 3. The molecule has 0 spiro atoms. The largest absolute Gasteiger partial charge is 0.497 e. The van der Waals surface area contributed by atoms with Crippen LogP contribution in [0.15, 0.2) is 71.6 Å². The molecule has 0 radical (unpaired) electrons. The lowest BCUT2D eigenvalue weighted by Crippen LogP contribution is -2.50. The molecule has 0 aliphatic heterocycles. The molecule has 0 aromatic heterocycles. The van der Waals surface area contributed by atoms with Crippen LogP contribution in [0.3, 0.4) is 0 Å². The van der Waals surface area contributed by atoms with Crippen LogP contribution in [0.1, 0.15) is 29.2 Å². The number of amides is 2. The topological polar surface area (TPSA) is 96.0 Å². The van der Waals surface area contributed by atoms with Crippen molar-refractivity contribution in [2.24, 2.45) is 0 Å². The van der Waals surface area contributed by atoms with Crippen LogP contribution < -0.4 is 14.4 Å². The third-order valence-electron chi connectivity index (χ3n) is 6.43. The highest BCUT2D eigenvalue weighted by molar-refractivity contribution is 7.92. The zero-order chi connectivity index (χ0) is 28.0. The number of carbonyl (C=O) groups excluding carboxylic acids is 2. The van der Waals surface area contributed by atoms with Crippen molar-refractivity contribution < 1.29 is 22.7 Å². The van der Waals surface area contributed by atoms with Crippen molar-refractivity contribution in [1.82, 2.24) is 10.2 Å². The van der Waals surface area contributed by atoms with Gasteiger partial charge in [0.15, 0.2) is 0 Å². The Morgan fingerprint density at radius 3 is 2.08 bits per heavy atom. The second-order valence-electron chi connectivity index (χ2n) is 9.27. The average Bonchev–Trinajstić information content (AvgIpc) is 2.90. The predicted octanol–water partition coefficient (Wildman–Crippen LogP) is 3.98. The van der Waals surface area contributed by atoms with Crippen LogP contribution in [0.2, 0.25) is 0 Å². The van der Waals surface area contributed by atoms with Gasteiger partial charge in [-0.2, -0.15) is 0 Å². The molecule has 2 amide bonds. The number of likely N-dealkylation sites (N-methyl/N-ethyl adjacent to an activating group) is 1. The van der Waals surface area contributed by atoms with E-state index in [2.05, 4.69) is 5.32 Å². The zero-order valence-corrected chi connectivity index (χ0v) is 23.5. The van der Waals surface area contributed by atoms with Crippen LogP contribution in [0.25, 0.3) is 0 Å². The Kier molecular flexibility index (Phi) is 9.17. The van der Waals surface area contributed by atoms with Crippen LogP contribution in [0.5, 0.6) is 5.75 Å². The molecule has 3 aromatic carbocycles. The molecule has 3 rings (SSSR count). The Hall–Kier alpha value is -3.85. The first-order valence-electron chi connectivity index (χ1n) is 12.3. The number of sulfonamides is 1. The van der Waals surface area contributed by atoms with Gasteiger partial charge in [0.05, 0.1) is 17.7 Å². The Balaban J connectivity index is 2.05. The average molecular weight is 538 g/mol. The number of methoxy groups -OCH3 is 1. The third kappa shape index (κ3) is 6.52. The SMILES string of the molecule is CNC(=O)[C@H](C)N(Cc1ccc(OC)cc1)C(=O)CN(c1ccc(C)cc1C)S(=O)(=O)c1ccc(C)cc1. The van der Waals surface area contributed by atoms with Crippen LogP contribution in [-0.2, 0) is 26.2 Å². The molecule has 0 heterocycles. The molecule has 0 saturated heterocycles. The minimum absolute atomic E-state index is 0.0805. The molecule has 1 N–H and O–H groups in total. The highest BCUT2D eigenvalue weighted by Crippen LogP contribution is 2.28. The summed E-state index contributed by atoms with van der Waals surface area (Å²) in [6, 6.07) is 18.2. The van der Waals surface area contributed by atoms with Gasteiger partial charge in [-0.05, 0) is 69.2 Å². The van der Waals surface area contributed by atoms with E-state index < -0.39 is 28.5 Å². The lowest BCUT2D eigenvalue weighted by atomic mass is 10.1. The van der Waals surface area contributed by atoms with E-state index in [1.807, 2.05) is 32.9 Å². The fourth-order valence-electron chi connectivity index (χ4n) is 4.16. The third-order valence-corrected chi connectivity index (χ3v) is 8.21. The van der Waals surface area contributed by atoms with Crippen molar-refractivity contribution in [1.29, 1.82) is 0 Å². The Morgan fingerprint density at radius 1 is 0.921 bits per heavy atom. The molecule has 9 heteroatoms. The van der Waals surface area contributed by atoms with E-state index >= 15 is 0 Å². The summed E-state index contributed by atoms with van der Waals surface area (Å²) in [5, 5.41) is 2.58. The first-order valence-corrected chi connectivity index (χ1v) is 13.7. The maximum absolute atomic E-state index is 13.9. The van der Waals surface area contributed by atoms with E-state index in [9.17, 15) is 18.0 Å². The first-order chi connectivity index (χ1) is 18.0. The summed E-state index contributed by atoms with van der Waals surface area (Å²) >= 11 is 0. The Labute approximate surface area is 225 Å². The van der Waals surface area contributed by atoms with Gasteiger partial charge in [-0.15, -0.1) is 0 Å². The van der Waals surface area contributed by atoms with E-state index in [1.165, 1.54) is 24.1 Å².